The molecule has 0 aromatic carbocycles. The van der Waals surface area contributed by atoms with Crippen molar-refractivity contribution >= 4 is 17.4 Å². The zero-order valence-electron chi connectivity index (χ0n) is 17.1. The molecule has 1 N–H and O–H groups in total. The number of fused-ring (bicyclic) bond motifs is 1. The van der Waals surface area contributed by atoms with Crippen molar-refractivity contribution in [2.24, 2.45) is 0 Å². The molecule has 0 bridgehead atoms. The van der Waals surface area contributed by atoms with Gasteiger partial charge < -0.3 is 19.7 Å². The number of carbonyl (C=O) groups is 1. The number of nitrogens with one attached hydrogen (secondary N) is 1. The van der Waals surface area contributed by atoms with Crippen molar-refractivity contribution in [3.8, 4) is 6.01 Å². The molecule has 162 valence electrons. The molecule has 1 saturated carbocycles. The first-order valence-corrected chi connectivity index (χ1v) is 10.5. The van der Waals surface area contributed by atoms with Crippen LogP contribution in [0.4, 0.5) is 5.82 Å². The molecule has 31 heavy (non-hydrogen) atoms. The quantitative estimate of drug-likeness (QED) is 0.636. The van der Waals surface area contributed by atoms with Crippen LogP contribution in [0.15, 0.2) is 30.9 Å². The van der Waals surface area contributed by atoms with Crippen molar-refractivity contribution in [1.82, 2.24) is 34.9 Å². The van der Waals surface area contributed by atoms with Crippen LogP contribution in [-0.2, 0) is 4.74 Å². The van der Waals surface area contributed by atoms with E-state index in [-0.39, 0.29) is 23.9 Å². The maximum atomic E-state index is 12.3. The fraction of sp³-hybridized carbons (Fsp3) is 0.500. The molecule has 0 unspecified atom stereocenters. The standard InChI is InChI=1S/C20H24N8O3/c29-19(18-21-6-1-7-22-18)25-14-2-4-15(5-3-14)31-20-26-17(27-8-10-30-11-9-27)12-16-23-13-24-28(16)20/h1,6-7,12-15H,2-5,8-11H2,(H,25,29)/t14-,15+. The van der Waals surface area contributed by atoms with Crippen molar-refractivity contribution in [1.29, 1.82) is 0 Å². The summed E-state index contributed by atoms with van der Waals surface area (Å²) in [4.78, 5) is 31.5. The molecule has 3 aromatic heterocycles. The summed E-state index contributed by atoms with van der Waals surface area (Å²) in [6.07, 6.45) is 7.87. The highest BCUT2D eigenvalue weighted by molar-refractivity contribution is 5.90. The molecule has 11 nitrogen and oxygen atoms in total. The highest BCUT2D eigenvalue weighted by atomic mass is 16.5. The summed E-state index contributed by atoms with van der Waals surface area (Å²) in [5, 5.41) is 7.28. The minimum absolute atomic E-state index is 0.000895. The molecule has 11 heteroatoms. The van der Waals surface area contributed by atoms with Gasteiger partial charge in [-0.1, -0.05) is 0 Å². The van der Waals surface area contributed by atoms with E-state index in [4.69, 9.17) is 14.5 Å². The lowest BCUT2D eigenvalue weighted by atomic mass is 9.93. The Labute approximate surface area is 178 Å². The normalized spacial score (nSPS) is 21.7. The first-order chi connectivity index (χ1) is 15.3. The van der Waals surface area contributed by atoms with Crippen LogP contribution in [0, 0.1) is 0 Å². The number of hydrogen-bond donors (Lipinski definition) is 1. The monoisotopic (exact) mass is 424 g/mol. The van der Waals surface area contributed by atoms with E-state index < -0.39 is 0 Å². The molecule has 1 amide bonds. The summed E-state index contributed by atoms with van der Waals surface area (Å²) in [6.45, 7) is 2.93. The molecule has 2 aliphatic rings. The second-order valence-electron chi connectivity index (χ2n) is 7.66. The van der Waals surface area contributed by atoms with Gasteiger partial charge >= 0.3 is 6.01 Å². The molecule has 5 rings (SSSR count). The van der Waals surface area contributed by atoms with E-state index in [0.29, 0.717) is 24.9 Å². The average Bonchev–Trinajstić information content (AvgIpc) is 3.31. The SMILES string of the molecule is O=C(N[C@H]1CC[C@@H](Oc2nc(N3CCOCC3)cc3ncnn23)CC1)c1ncccn1. The zero-order chi connectivity index (χ0) is 21.0. The largest absolute Gasteiger partial charge is 0.460 e. The number of rotatable bonds is 5. The molecule has 4 heterocycles. The third-order valence-electron chi connectivity index (χ3n) is 5.61. The number of carbonyl (C=O) groups excluding carboxylic acids is 1. The van der Waals surface area contributed by atoms with E-state index in [0.717, 1.165) is 44.6 Å². The fourth-order valence-corrected chi connectivity index (χ4v) is 3.96. The van der Waals surface area contributed by atoms with Crippen LogP contribution in [0.5, 0.6) is 6.01 Å². The maximum Gasteiger partial charge on any atom is 0.321 e. The minimum Gasteiger partial charge on any atom is -0.460 e. The van der Waals surface area contributed by atoms with Crippen LogP contribution >= 0.6 is 0 Å². The van der Waals surface area contributed by atoms with Crippen molar-refractivity contribution in [2.45, 2.75) is 37.8 Å². The molecule has 1 aliphatic carbocycles. The van der Waals surface area contributed by atoms with Crippen LogP contribution in [-0.4, -0.2) is 73.9 Å². The van der Waals surface area contributed by atoms with Crippen LogP contribution in [0.3, 0.4) is 0 Å². The molecule has 1 saturated heterocycles. The van der Waals surface area contributed by atoms with Gasteiger partial charge in [0.25, 0.3) is 5.91 Å². The van der Waals surface area contributed by atoms with Gasteiger partial charge in [0.15, 0.2) is 5.65 Å². The van der Waals surface area contributed by atoms with Gasteiger partial charge in [-0.2, -0.15) is 14.6 Å². The summed E-state index contributed by atoms with van der Waals surface area (Å²) >= 11 is 0. The molecule has 1 aliphatic heterocycles. The summed E-state index contributed by atoms with van der Waals surface area (Å²) in [7, 11) is 0. The van der Waals surface area contributed by atoms with Crippen molar-refractivity contribution in [2.75, 3.05) is 31.2 Å². The number of nitrogens with zero attached hydrogens (tertiary/aromatic N) is 7. The zero-order valence-corrected chi connectivity index (χ0v) is 17.1. The molecule has 0 atom stereocenters. The van der Waals surface area contributed by atoms with E-state index in [1.807, 2.05) is 6.07 Å². The van der Waals surface area contributed by atoms with Crippen LogP contribution in [0.25, 0.3) is 5.65 Å². The predicted molar refractivity (Wildman–Crippen MR) is 110 cm³/mol. The minimum atomic E-state index is -0.242. The highest BCUT2D eigenvalue weighted by Crippen LogP contribution is 2.25. The molecule has 3 aromatic rings. The number of ether oxygens (including phenoxy) is 2. The Morgan fingerprint density at radius 2 is 1.87 bits per heavy atom. The van der Waals surface area contributed by atoms with Crippen LogP contribution in [0.2, 0.25) is 0 Å². The lowest BCUT2D eigenvalue weighted by Gasteiger charge is -2.30. The summed E-state index contributed by atoms with van der Waals surface area (Å²) in [5.41, 5.74) is 0.704. The average molecular weight is 424 g/mol. The van der Waals surface area contributed by atoms with E-state index >= 15 is 0 Å². The van der Waals surface area contributed by atoms with E-state index in [2.05, 4.69) is 30.3 Å². The molecular weight excluding hydrogens is 400 g/mol. The van der Waals surface area contributed by atoms with E-state index in [1.54, 1.807) is 23.0 Å². The van der Waals surface area contributed by atoms with E-state index in [1.165, 1.54) is 6.33 Å². The second kappa shape index (κ2) is 8.80. The lowest BCUT2D eigenvalue weighted by molar-refractivity contribution is 0.0872. The Balaban J connectivity index is 1.23. The van der Waals surface area contributed by atoms with Crippen molar-refractivity contribution in [3.05, 3.63) is 36.7 Å². The van der Waals surface area contributed by atoms with Gasteiger partial charge in [-0.15, -0.1) is 0 Å². The van der Waals surface area contributed by atoms with Crippen molar-refractivity contribution in [3.63, 3.8) is 0 Å². The van der Waals surface area contributed by atoms with Gasteiger partial charge in [0.05, 0.1) is 13.2 Å². The topological polar surface area (TPSA) is 120 Å². The molecule has 0 radical (unpaired) electrons. The van der Waals surface area contributed by atoms with Gasteiger partial charge in [-0.05, 0) is 31.7 Å². The first kappa shape index (κ1) is 19.6. The second-order valence-corrected chi connectivity index (χ2v) is 7.66. The molecule has 2 fully saturated rings. The van der Waals surface area contributed by atoms with Gasteiger partial charge in [-0.25, -0.2) is 15.0 Å². The van der Waals surface area contributed by atoms with Gasteiger partial charge in [0.1, 0.15) is 18.2 Å². The Bertz CT molecular complexity index is 1030. The van der Waals surface area contributed by atoms with Crippen LogP contribution < -0.4 is 15.0 Å². The summed E-state index contributed by atoms with van der Waals surface area (Å²) < 4.78 is 13.3. The van der Waals surface area contributed by atoms with Gasteiger partial charge in [-0.3, -0.25) is 4.79 Å². The fourth-order valence-electron chi connectivity index (χ4n) is 3.96. The Morgan fingerprint density at radius 3 is 2.65 bits per heavy atom. The number of aromatic nitrogens is 6. The Morgan fingerprint density at radius 1 is 1.10 bits per heavy atom. The number of morpholine rings is 1. The molecule has 0 spiro atoms. The van der Waals surface area contributed by atoms with Crippen LogP contribution in [0.1, 0.15) is 36.3 Å². The summed E-state index contributed by atoms with van der Waals surface area (Å²) in [6, 6.07) is 4.13. The number of anilines is 1. The first-order valence-electron chi connectivity index (χ1n) is 10.5. The third-order valence-corrected chi connectivity index (χ3v) is 5.61. The maximum absolute atomic E-state index is 12.3. The lowest BCUT2D eigenvalue weighted by Crippen LogP contribution is -2.40. The molecular formula is C20H24N8O3. The smallest absolute Gasteiger partial charge is 0.321 e. The highest BCUT2D eigenvalue weighted by Gasteiger charge is 2.26. The van der Waals surface area contributed by atoms with Crippen molar-refractivity contribution < 1.29 is 14.3 Å². The predicted octanol–water partition coefficient (Wildman–Crippen LogP) is 0.871. The van der Waals surface area contributed by atoms with Gasteiger partial charge in [0, 0.05) is 37.6 Å². The summed E-state index contributed by atoms with van der Waals surface area (Å²) in [5.74, 6) is 0.773. The van der Waals surface area contributed by atoms with E-state index in [9.17, 15) is 4.79 Å². The van der Waals surface area contributed by atoms with Gasteiger partial charge in [0.2, 0.25) is 5.82 Å². The third kappa shape index (κ3) is 4.41. The Kier molecular flexibility index (Phi) is 5.57. The number of amides is 1. The number of hydrogen-bond acceptors (Lipinski definition) is 9. The Hall–Kier alpha value is -3.34.